The quantitative estimate of drug-likeness (QED) is 0.510. The van der Waals surface area contributed by atoms with Crippen molar-refractivity contribution in [2.24, 2.45) is 0 Å². The van der Waals surface area contributed by atoms with Crippen molar-refractivity contribution in [2.75, 3.05) is 11.1 Å². The van der Waals surface area contributed by atoms with Crippen molar-refractivity contribution >= 4 is 61.4 Å². The zero-order chi connectivity index (χ0) is 16.2. The highest BCUT2D eigenvalue weighted by Gasteiger charge is 2.11. The van der Waals surface area contributed by atoms with E-state index in [0.29, 0.717) is 10.7 Å². The number of halogens is 1. The van der Waals surface area contributed by atoms with Crippen LogP contribution in [0.4, 0.5) is 5.13 Å². The summed E-state index contributed by atoms with van der Waals surface area (Å²) in [6.45, 7) is 2.11. The molecule has 3 rings (SSSR count). The minimum Gasteiger partial charge on any atom is -0.298 e. The maximum absolute atomic E-state index is 12.3. The number of carbonyl (C=O) groups excluding carboxylic acids is 1. The maximum atomic E-state index is 12.3. The Morgan fingerprint density at radius 2 is 2.04 bits per heavy atom. The summed E-state index contributed by atoms with van der Waals surface area (Å²) in [5.41, 5.74) is 1.52. The fourth-order valence-electron chi connectivity index (χ4n) is 1.93. The van der Waals surface area contributed by atoms with Gasteiger partial charge in [-0.05, 0) is 58.1 Å². The van der Waals surface area contributed by atoms with Crippen molar-refractivity contribution in [3.8, 4) is 10.6 Å². The van der Waals surface area contributed by atoms with Gasteiger partial charge in [-0.3, -0.25) is 10.1 Å². The molecule has 1 amide bonds. The Hall–Kier alpha value is -1.15. The molecule has 0 atom stereocenters. The van der Waals surface area contributed by atoms with Gasteiger partial charge in [-0.1, -0.05) is 6.92 Å². The van der Waals surface area contributed by atoms with Crippen LogP contribution in [0.15, 0.2) is 50.5 Å². The normalized spacial score (nSPS) is 10.7. The number of nitrogens with one attached hydrogen (secondary N) is 1. The highest BCUT2D eigenvalue weighted by Crippen LogP contribution is 2.33. The molecule has 0 saturated heterocycles. The lowest BCUT2D eigenvalue weighted by Crippen LogP contribution is -2.11. The number of thioether (sulfide) groups is 1. The molecule has 0 bridgehead atoms. The summed E-state index contributed by atoms with van der Waals surface area (Å²) < 4.78 is 1.07. The summed E-state index contributed by atoms with van der Waals surface area (Å²) in [7, 11) is 0. The number of thiazole rings is 1. The van der Waals surface area contributed by atoms with Gasteiger partial charge in [0.15, 0.2) is 5.13 Å². The third-order valence-corrected chi connectivity index (χ3v) is 6.28. The first-order valence-corrected chi connectivity index (χ1v) is 10.4. The Labute approximate surface area is 155 Å². The van der Waals surface area contributed by atoms with Gasteiger partial charge in [0.1, 0.15) is 0 Å². The smallest absolute Gasteiger partial charge is 0.257 e. The van der Waals surface area contributed by atoms with Crippen molar-refractivity contribution in [3.63, 3.8) is 0 Å². The summed E-state index contributed by atoms with van der Waals surface area (Å²) in [4.78, 5) is 19.0. The second-order valence-electron chi connectivity index (χ2n) is 4.55. The van der Waals surface area contributed by atoms with Crippen molar-refractivity contribution in [1.82, 2.24) is 4.98 Å². The van der Waals surface area contributed by atoms with E-state index in [0.717, 1.165) is 20.1 Å². The topological polar surface area (TPSA) is 42.0 Å². The van der Waals surface area contributed by atoms with Crippen LogP contribution in [0, 0.1) is 0 Å². The zero-order valence-electron chi connectivity index (χ0n) is 12.2. The molecule has 1 aromatic carbocycles. The SMILES string of the molecule is CCSc1ccc(C(=O)Nc2nc(-c3ccc(Br)s3)cs2)cc1. The molecular formula is C16H13BrN2OS3. The highest BCUT2D eigenvalue weighted by molar-refractivity contribution is 9.11. The summed E-state index contributed by atoms with van der Waals surface area (Å²) in [6, 6.07) is 11.6. The second kappa shape index (κ2) is 7.61. The molecule has 0 saturated carbocycles. The van der Waals surface area contributed by atoms with Crippen molar-refractivity contribution in [1.29, 1.82) is 0 Å². The van der Waals surface area contributed by atoms with E-state index in [1.54, 1.807) is 23.1 Å². The number of nitrogens with zero attached hydrogens (tertiary/aromatic N) is 1. The molecule has 3 nitrogen and oxygen atoms in total. The molecule has 0 aliphatic carbocycles. The first kappa shape index (κ1) is 16.7. The molecule has 0 radical (unpaired) electrons. The third-order valence-electron chi connectivity index (χ3n) is 2.98. The fourth-order valence-corrected chi connectivity index (χ4v) is 4.72. The van der Waals surface area contributed by atoms with Crippen LogP contribution >= 0.6 is 50.4 Å². The first-order valence-electron chi connectivity index (χ1n) is 6.91. The predicted molar refractivity (Wildman–Crippen MR) is 104 cm³/mol. The van der Waals surface area contributed by atoms with Gasteiger partial charge in [-0.2, -0.15) is 0 Å². The standard InChI is InChI=1S/C16H13BrN2OS3/c1-2-21-11-5-3-10(4-6-11)15(20)19-16-18-12(9-22-16)13-7-8-14(17)23-13/h3-9H,2H2,1H3,(H,18,19,20). The molecule has 2 aromatic heterocycles. The van der Waals surface area contributed by atoms with E-state index in [4.69, 9.17) is 0 Å². The van der Waals surface area contributed by atoms with E-state index in [1.807, 2.05) is 41.8 Å². The largest absolute Gasteiger partial charge is 0.298 e. The number of rotatable bonds is 5. The highest BCUT2D eigenvalue weighted by atomic mass is 79.9. The molecular weight excluding hydrogens is 412 g/mol. The molecule has 23 heavy (non-hydrogen) atoms. The van der Waals surface area contributed by atoms with Crippen molar-refractivity contribution < 1.29 is 4.79 Å². The lowest BCUT2D eigenvalue weighted by atomic mass is 10.2. The Kier molecular flexibility index (Phi) is 5.53. The third kappa shape index (κ3) is 4.23. The number of amides is 1. The first-order chi connectivity index (χ1) is 11.2. The average Bonchev–Trinajstić information content (AvgIpc) is 3.17. The minimum absolute atomic E-state index is 0.133. The number of benzene rings is 1. The van der Waals surface area contributed by atoms with Gasteiger partial charge in [-0.15, -0.1) is 34.4 Å². The van der Waals surface area contributed by atoms with Crippen LogP contribution in [0.25, 0.3) is 10.6 Å². The summed E-state index contributed by atoms with van der Waals surface area (Å²) in [5.74, 6) is 0.887. The molecule has 0 aliphatic heterocycles. The predicted octanol–water partition coefficient (Wildman–Crippen LogP) is 6.00. The molecule has 0 aliphatic rings. The molecule has 118 valence electrons. The lowest BCUT2D eigenvalue weighted by molar-refractivity contribution is 0.102. The van der Waals surface area contributed by atoms with Gasteiger partial charge in [0.05, 0.1) is 14.4 Å². The summed E-state index contributed by atoms with van der Waals surface area (Å²) >= 11 is 8.26. The van der Waals surface area contributed by atoms with Crippen LogP contribution in [0.2, 0.25) is 0 Å². The van der Waals surface area contributed by atoms with Crippen LogP contribution in [-0.2, 0) is 0 Å². The van der Waals surface area contributed by atoms with Gasteiger partial charge < -0.3 is 0 Å². The Morgan fingerprint density at radius 1 is 1.26 bits per heavy atom. The van der Waals surface area contributed by atoms with Gasteiger partial charge in [0, 0.05) is 15.8 Å². The van der Waals surface area contributed by atoms with Crippen LogP contribution in [0.1, 0.15) is 17.3 Å². The molecule has 0 fully saturated rings. The number of thiophene rings is 1. The van der Waals surface area contributed by atoms with Crippen LogP contribution in [-0.4, -0.2) is 16.6 Å². The fraction of sp³-hybridized carbons (Fsp3) is 0.125. The summed E-state index contributed by atoms with van der Waals surface area (Å²) in [6.07, 6.45) is 0. The second-order valence-corrected chi connectivity index (χ2v) is 9.21. The molecule has 0 unspecified atom stereocenters. The summed E-state index contributed by atoms with van der Waals surface area (Å²) in [5, 5.41) is 5.43. The Balaban J connectivity index is 1.69. The van der Waals surface area contributed by atoms with E-state index >= 15 is 0 Å². The molecule has 1 N–H and O–H groups in total. The van der Waals surface area contributed by atoms with Crippen molar-refractivity contribution in [3.05, 3.63) is 51.1 Å². The molecule has 2 heterocycles. The van der Waals surface area contributed by atoms with Crippen molar-refractivity contribution in [2.45, 2.75) is 11.8 Å². The molecule has 7 heteroatoms. The Bertz CT molecular complexity index is 811. The maximum Gasteiger partial charge on any atom is 0.257 e. The molecule has 0 spiro atoms. The van der Waals surface area contributed by atoms with Gasteiger partial charge in [-0.25, -0.2) is 4.98 Å². The van der Waals surface area contributed by atoms with E-state index in [2.05, 4.69) is 33.2 Å². The number of carbonyl (C=O) groups is 1. The van der Waals surface area contributed by atoms with E-state index in [-0.39, 0.29) is 5.91 Å². The lowest BCUT2D eigenvalue weighted by Gasteiger charge is -2.03. The van der Waals surface area contributed by atoms with E-state index in [9.17, 15) is 4.79 Å². The number of hydrogen-bond donors (Lipinski definition) is 1. The van der Waals surface area contributed by atoms with Crippen LogP contribution in [0.3, 0.4) is 0 Å². The van der Waals surface area contributed by atoms with E-state index < -0.39 is 0 Å². The monoisotopic (exact) mass is 424 g/mol. The van der Waals surface area contributed by atoms with Gasteiger partial charge in [0.2, 0.25) is 0 Å². The molecule has 3 aromatic rings. The number of hydrogen-bond acceptors (Lipinski definition) is 5. The van der Waals surface area contributed by atoms with Gasteiger partial charge in [0.25, 0.3) is 5.91 Å². The number of anilines is 1. The van der Waals surface area contributed by atoms with Crippen LogP contribution < -0.4 is 5.32 Å². The zero-order valence-corrected chi connectivity index (χ0v) is 16.2. The van der Waals surface area contributed by atoms with Gasteiger partial charge >= 0.3 is 0 Å². The van der Waals surface area contributed by atoms with E-state index in [1.165, 1.54) is 16.2 Å². The average molecular weight is 425 g/mol. The Morgan fingerprint density at radius 3 is 2.70 bits per heavy atom. The van der Waals surface area contributed by atoms with Crippen LogP contribution in [0.5, 0.6) is 0 Å². The number of aromatic nitrogens is 1. The minimum atomic E-state index is -0.133.